The number of aromatic nitrogens is 2. The summed E-state index contributed by atoms with van der Waals surface area (Å²) in [7, 11) is 0. The van der Waals surface area contributed by atoms with Gasteiger partial charge in [-0.2, -0.15) is 0 Å². The molecule has 0 spiro atoms. The van der Waals surface area contributed by atoms with Gasteiger partial charge in [0.05, 0.1) is 12.3 Å². The van der Waals surface area contributed by atoms with Gasteiger partial charge in [-0.3, -0.25) is 4.79 Å². The van der Waals surface area contributed by atoms with Gasteiger partial charge in [0.2, 0.25) is 5.91 Å². The first-order chi connectivity index (χ1) is 16.7. The molecule has 4 rings (SSSR count). The van der Waals surface area contributed by atoms with Crippen molar-refractivity contribution in [3.63, 3.8) is 0 Å². The van der Waals surface area contributed by atoms with Crippen LogP contribution in [-0.2, 0) is 4.79 Å². The molecule has 3 N–H and O–H groups in total. The molecule has 0 radical (unpaired) electrons. The molecule has 11 heteroatoms. The monoisotopic (exact) mass is 488 g/mol. The van der Waals surface area contributed by atoms with Crippen LogP contribution < -0.4 is 20.7 Å². The Morgan fingerprint density at radius 3 is 2.66 bits per heavy atom. The Morgan fingerprint density at radius 2 is 1.94 bits per heavy atom. The number of hydrogen-bond donors (Lipinski definition) is 2. The van der Waals surface area contributed by atoms with Crippen molar-refractivity contribution in [2.75, 3.05) is 29.0 Å². The summed E-state index contributed by atoms with van der Waals surface area (Å²) >= 11 is 0. The zero-order chi connectivity index (χ0) is 25.0. The number of amides is 1. The lowest BCUT2D eigenvalue weighted by Gasteiger charge is -2.34. The topological polar surface area (TPSA) is 97.7 Å². The Hall–Kier alpha value is -3.55. The molecule has 35 heavy (non-hydrogen) atoms. The standard InChI is InChI=1S/C24H27F3N6O2/c1-29-20-21(28)30-14-31-22(20)33-11-5-8-17(13-33)16-9-10-19(35-24(25,26)27)18(12-16)32-23(34)15-6-3-2-4-7-15/h9-10,12,14-15,17H,2-8,11,13H2,(H,32,34)(H2,28,30,31). The van der Waals surface area contributed by atoms with Gasteiger partial charge in [0.15, 0.2) is 5.75 Å². The third-order valence-corrected chi connectivity index (χ3v) is 6.60. The predicted molar refractivity (Wildman–Crippen MR) is 125 cm³/mol. The van der Waals surface area contributed by atoms with Crippen LogP contribution in [0.5, 0.6) is 5.75 Å². The van der Waals surface area contributed by atoms with Crippen LogP contribution in [0, 0.1) is 12.5 Å². The van der Waals surface area contributed by atoms with Crippen LogP contribution in [0.25, 0.3) is 4.85 Å². The number of alkyl halides is 3. The van der Waals surface area contributed by atoms with Crippen LogP contribution >= 0.6 is 0 Å². The molecule has 0 bridgehead atoms. The first-order valence-corrected chi connectivity index (χ1v) is 11.7. The van der Waals surface area contributed by atoms with E-state index in [1.54, 1.807) is 12.1 Å². The van der Waals surface area contributed by atoms with Crippen molar-refractivity contribution in [3.8, 4) is 5.75 Å². The summed E-state index contributed by atoms with van der Waals surface area (Å²) in [5.41, 5.74) is 6.81. The van der Waals surface area contributed by atoms with E-state index in [1.807, 2.05) is 4.90 Å². The molecule has 2 heterocycles. The van der Waals surface area contributed by atoms with Gasteiger partial charge in [-0.05, 0) is 43.4 Å². The maximum absolute atomic E-state index is 13.0. The normalized spacial score (nSPS) is 19.1. The van der Waals surface area contributed by atoms with E-state index >= 15 is 0 Å². The minimum absolute atomic E-state index is 0.0145. The zero-order valence-corrected chi connectivity index (χ0v) is 19.1. The van der Waals surface area contributed by atoms with Crippen molar-refractivity contribution in [3.05, 3.63) is 41.5 Å². The molecule has 1 aromatic carbocycles. The molecule has 1 aliphatic carbocycles. The lowest BCUT2D eigenvalue weighted by molar-refractivity contribution is -0.274. The number of halogens is 3. The van der Waals surface area contributed by atoms with Crippen LogP contribution in [0.1, 0.15) is 56.4 Å². The number of nitrogens with two attached hydrogens (primary N) is 1. The smallest absolute Gasteiger partial charge is 0.404 e. The van der Waals surface area contributed by atoms with Crippen molar-refractivity contribution in [2.24, 2.45) is 5.92 Å². The van der Waals surface area contributed by atoms with Gasteiger partial charge in [0.1, 0.15) is 18.0 Å². The molecule has 186 valence electrons. The lowest BCUT2D eigenvalue weighted by atomic mass is 9.88. The summed E-state index contributed by atoms with van der Waals surface area (Å²) in [6.07, 6.45) is 2.39. The van der Waals surface area contributed by atoms with E-state index in [0.29, 0.717) is 18.9 Å². The van der Waals surface area contributed by atoms with E-state index < -0.39 is 12.1 Å². The van der Waals surface area contributed by atoms with Crippen LogP contribution in [0.15, 0.2) is 24.5 Å². The van der Waals surface area contributed by atoms with E-state index in [2.05, 4.69) is 24.9 Å². The highest BCUT2D eigenvalue weighted by molar-refractivity contribution is 5.94. The molecule has 1 saturated carbocycles. The fourth-order valence-corrected chi connectivity index (χ4v) is 4.88. The second-order valence-corrected chi connectivity index (χ2v) is 8.96. The minimum Gasteiger partial charge on any atom is -0.404 e. The SMILES string of the molecule is [C-]#[N+]c1c(N)ncnc1N1CCCC(c2ccc(OC(F)(F)F)c(NC(=O)C3CCCCC3)c2)C1. The molecule has 1 saturated heterocycles. The average molecular weight is 489 g/mol. The Balaban J connectivity index is 1.59. The summed E-state index contributed by atoms with van der Waals surface area (Å²) < 4.78 is 43.3. The van der Waals surface area contributed by atoms with Gasteiger partial charge in [-0.15, -0.1) is 13.2 Å². The fourth-order valence-electron chi connectivity index (χ4n) is 4.88. The van der Waals surface area contributed by atoms with E-state index in [1.165, 1.54) is 12.4 Å². The minimum atomic E-state index is -4.88. The zero-order valence-electron chi connectivity index (χ0n) is 19.1. The summed E-state index contributed by atoms with van der Waals surface area (Å²) in [4.78, 5) is 26.3. The number of anilines is 3. The average Bonchev–Trinajstić information content (AvgIpc) is 2.84. The molecule has 2 fully saturated rings. The summed E-state index contributed by atoms with van der Waals surface area (Å²) in [6, 6.07) is 4.42. The van der Waals surface area contributed by atoms with Crippen molar-refractivity contribution in [1.29, 1.82) is 0 Å². The molecule has 1 atom stereocenters. The van der Waals surface area contributed by atoms with Gasteiger partial charge in [-0.25, -0.2) is 14.8 Å². The number of rotatable bonds is 5. The van der Waals surface area contributed by atoms with E-state index in [0.717, 1.165) is 50.5 Å². The van der Waals surface area contributed by atoms with Crippen molar-refractivity contribution in [1.82, 2.24) is 9.97 Å². The molecule has 1 unspecified atom stereocenters. The molecule has 1 aliphatic heterocycles. The maximum Gasteiger partial charge on any atom is 0.573 e. The number of carbonyl (C=O) groups is 1. The third-order valence-electron chi connectivity index (χ3n) is 6.60. The summed E-state index contributed by atoms with van der Waals surface area (Å²) in [5, 5.41) is 2.70. The second kappa shape index (κ2) is 10.4. The van der Waals surface area contributed by atoms with Gasteiger partial charge in [0, 0.05) is 24.9 Å². The van der Waals surface area contributed by atoms with Crippen molar-refractivity contribution < 1.29 is 22.7 Å². The van der Waals surface area contributed by atoms with Crippen LogP contribution in [-0.4, -0.2) is 35.3 Å². The first kappa shape index (κ1) is 24.6. The Morgan fingerprint density at radius 1 is 1.17 bits per heavy atom. The van der Waals surface area contributed by atoms with E-state index in [-0.39, 0.29) is 34.9 Å². The first-order valence-electron chi connectivity index (χ1n) is 11.7. The maximum atomic E-state index is 13.0. The van der Waals surface area contributed by atoms with E-state index in [4.69, 9.17) is 12.3 Å². The molecular formula is C24H27F3N6O2. The Bertz CT molecular complexity index is 1110. The highest BCUT2D eigenvalue weighted by Gasteiger charge is 2.33. The highest BCUT2D eigenvalue weighted by Crippen LogP contribution is 2.39. The van der Waals surface area contributed by atoms with Crippen LogP contribution in [0.3, 0.4) is 0 Å². The number of nitrogens with one attached hydrogen (secondary N) is 1. The van der Waals surface area contributed by atoms with Gasteiger partial charge < -0.3 is 20.7 Å². The molecule has 1 aromatic heterocycles. The number of carbonyl (C=O) groups excluding carboxylic acids is 1. The number of nitrogens with zero attached hydrogens (tertiary/aromatic N) is 4. The van der Waals surface area contributed by atoms with Crippen LogP contribution in [0.4, 0.5) is 36.2 Å². The number of nitrogen functional groups attached to an aromatic ring is 1. The molecular weight excluding hydrogens is 461 g/mol. The fraction of sp³-hybridized carbons (Fsp3) is 0.500. The van der Waals surface area contributed by atoms with Crippen LogP contribution in [0.2, 0.25) is 0 Å². The quantitative estimate of drug-likeness (QED) is 0.546. The Labute approximate surface area is 201 Å². The van der Waals surface area contributed by atoms with Gasteiger partial charge in [0.25, 0.3) is 5.69 Å². The number of piperidine rings is 1. The summed E-state index contributed by atoms with van der Waals surface area (Å²) in [5.74, 6) is -0.432. The lowest BCUT2D eigenvalue weighted by Crippen LogP contribution is -2.35. The number of ether oxygens (including phenoxy) is 1. The molecule has 8 nitrogen and oxygen atoms in total. The highest BCUT2D eigenvalue weighted by atomic mass is 19.4. The van der Waals surface area contributed by atoms with Gasteiger partial charge >= 0.3 is 6.36 Å². The summed E-state index contributed by atoms with van der Waals surface area (Å²) in [6.45, 7) is 8.58. The third kappa shape index (κ3) is 5.93. The molecule has 1 amide bonds. The van der Waals surface area contributed by atoms with Gasteiger partial charge in [-0.1, -0.05) is 25.3 Å². The molecule has 2 aliphatic rings. The van der Waals surface area contributed by atoms with E-state index in [9.17, 15) is 18.0 Å². The molecule has 2 aromatic rings. The van der Waals surface area contributed by atoms with Crippen molar-refractivity contribution in [2.45, 2.75) is 57.2 Å². The van der Waals surface area contributed by atoms with Crippen molar-refractivity contribution >= 4 is 28.9 Å². The Kier molecular flexibility index (Phi) is 7.28. The number of hydrogen-bond acceptors (Lipinski definition) is 6. The second-order valence-electron chi connectivity index (χ2n) is 8.96. The largest absolute Gasteiger partial charge is 0.573 e. The number of benzene rings is 1. The predicted octanol–water partition coefficient (Wildman–Crippen LogP) is 5.41.